The molecule has 112 valence electrons. The Labute approximate surface area is 116 Å². The third-order valence-electron chi connectivity index (χ3n) is 3.70. The summed E-state index contributed by atoms with van der Waals surface area (Å²) in [6, 6.07) is 0. The quantitative estimate of drug-likeness (QED) is 0.743. The van der Waals surface area contributed by atoms with Gasteiger partial charge in [-0.15, -0.1) is 0 Å². The average Bonchev–Trinajstić information content (AvgIpc) is 2.33. The standard InChI is InChI=1S/C13H25NO4S/c1-2-5-12(6-7-13(15)16)8-10-14-9-3-4-11-19(14,17)18/h12H,2-11H2,1H3,(H,15,16). The minimum absolute atomic E-state index is 0.178. The van der Waals surface area contributed by atoms with Crippen molar-refractivity contribution in [2.45, 2.75) is 51.9 Å². The maximum absolute atomic E-state index is 11.9. The van der Waals surface area contributed by atoms with Gasteiger partial charge in [0.2, 0.25) is 10.0 Å². The number of carboxylic acids is 1. The van der Waals surface area contributed by atoms with Crippen LogP contribution in [0.1, 0.15) is 51.9 Å². The molecule has 0 aromatic heterocycles. The van der Waals surface area contributed by atoms with Gasteiger partial charge in [0.1, 0.15) is 0 Å². The number of aliphatic carboxylic acids is 1. The molecule has 1 rings (SSSR count). The fourth-order valence-corrected chi connectivity index (χ4v) is 4.21. The van der Waals surface area contributed by atoms with Crippen LogP contribution in [0.2, 0.25) is 0 Å². The molecule has 1 fully saturated rings. The molecule has 1 heterocycles. The largest absolute Gasteiger partial charge is 0.481 e. The average molecular weight is 291 g/mol. The smallest absolute Gasteiger partial charge is 0.303 e. The summed E-state index contributed by atoms with van der Waals surface area (Å²) in [5, 5.41) is 8.72. The first-order valence-corrected chi connectivity index (χ1v) is 8.76. The molecule has 0 aliphatic carbocycles. The topological polar surface area (TPSA) is 74.7 Å². The van der Waals surface area contributed by atoms with E-state index < -0.39 is 16.0 Å². The third-order valence-corrected chi connectivity index (χ3v) is 5.66. The number of nitrogens with zero attached hydrogens (tertiary/aromatic N) is 1. The highest BCUT2D eigenvalue weighted by atomic mass is 32.2. The molecule has 5 nitrogen and oxygen atoms in total. The predicted molar refractivity (Wildman–Crippen MR) is 74.5 cm³/mol. The molecule has 1 aliphatic heterocycles. The van der Waals surface area contributed by atoms with E-state index in [0.717, 1.165) is 32.1 Å². The summed E-state index contributed by atoms with van der Waals surface area (Å²) in [6.07, 6.45) is 5.29. The van der Waals surface area contributed by atoms with Gasteiger partial charge >= 0.3 is 5.97 Å². The van der Waals surface area contributed by atoms with Crippen molar-refractivity contribution >= 4 is 16.0 Å². The van der Waals surface area contributed by atoms with Crippen molar-refractivity contribution in [3.8, 4) is 0 Å². The number of rotatable bonds is 8. The predicted octanol–water partition coefficient (Wildman–Crippen LogP) is 2.08. The summed E-state index contributed by atoms with van der Waals surface area (Å²) in [6.45, 7) is 3.25. The van der Waals surface area contributed by atoms with Crippen molar-refractivity contribution < 1.29 is 18.3 Å². The Morgan fingerprint density at radius 3 is 2.58 bits per heavy atom. The van der Waals surface area contributed by atoms with E-state index >= 15 is 0 Å². The zero-order valence-electron chi connectivity index (χ0n) is 11.7. The Balaban J connectivity index is 2.43. The normalized spacial score (nSPS) is 21.1. The fraction of sp³-hybridized carbons (Fsp3) is 0.923. The van der Waals surface area contributed by atoms with Gasteiger partial charge in [-0.3, -0.25) is 4.79 Å². The second-order valence-electron chi connectivity index (χ2n) is 5.30. The third kappa shape index (κ3) is 5.91. The van der Waals surface area contributed by atoms with E-state index in [1.165, 1.54) is 0 Å². The second-order valence-corrected chi connectivity index (χ2v) is 7.39. The number of sulfonamides is 1. The minimum atomic E-state index is -3.05. The Hall–Kier alpha value is -0.620. The maximum atomic E-state index is 11.9. The van der Waals surface area contributed by atoms with Crippen LogP contribution in [-0.4, -0.2) is 42.6 Å². The monoisotopic (exact) mass is 291 g/mol. The summed E-state index contributed by atoms with van der Waals surface area (Å²) in [5.74, 6) is -0.189. The molecule has 0 radical (unpaired) electrons. The van der Waals surface area contributed by atoms with Crippen LogP contribution in [0.3, 0.4) is 0 Å². The Kier molecular flexibility index (Phi) is 6.79. The molecule has 1 aliphatic rings. The summed E-state index contributed by atoms with van der Waals surface area (Å²) < 4.78 is 25.3. The van der Waals surface area contributed by atoms with Gasteiger partial charge in [-0.05, 0) is 31.6 Å². The van der Waals surface area contributed by atoms with Crippen molar-refractivity contribution in [1.82, 2.24) is 4.31 Å². The lowest BCUT2D eigenvalue weighted by Crippen LogP contribution is -2.39. The van der Waals surface area contributed by atoms with Gasteiger partial charge in [0.25, 0.3) is 0 Å². The van der Waals surface area contributed by atoms with Crippen molar-refractivity contribution in [3.63, 3.8) is 0 Å². The molecule has 6 heteroatoms. The Morgan fingerprint density at radius 2 is 2.00 bits per heavy atom. The molecule has 1 unspecified atom stereocenters. The fourth-order valence-electron chi connectivity index (χ4n) is 2.59. The molecule has 1 N–H and O–H groups in total. The Morgan fingerprint density at radius 1 is 1.26 bits per heavy atom. The SMILES string of the molecule is CCCC(CCC(=O)O)CCN1CCCCS1(=O)=O. The molecular formula is C13H25NO4S. The molecule has 0 amide bonds. The summed E-state index contributed by atoms with van der Waals surface area (Å²) in [7, 11) is -3.05. The van der Waals surface area contributed by atoms with Gasteiger partial charge in [-0.1, -0.05) is 19.8 Å². The number of carboxylic acid groups (broad SMARTS) is 1. The van der Waals surface area contributed by atoms with Crippen LogP contribution < -0.4 is 0 Å². The van der Waals surface area contributed by atoms with Gasteiger partial charge in [0.15, 0.2) is 0 Å². The molecule has 1 saturated heterocycles. The lowest BCUT2D eigenvalue weighted by molar-refractivity contribution is -0.137. The van der Waals surface area contributed by atoms with Crippen LogP contribution in [0.25, 0.3) is 0 Å². The molecule has 0 saturated carbocycles. The van der Waals surface area contributed by atoms with Crippen LogP contribution in [0.15, 0.2) is 0 Å². The maximum Gasteiger partial charge on any atom is 0.303 e. The van der Waals surface area contributed by atoms with Crippen LogP contribution >= 0.6 is 0 Å². The van der Waals surface area contributed by atoms with E-state index in [0.29, 0.717) is 25.4 Å². The van der Waals surface area contributed by atoms with Gasteiger partial charge in [-0.2, -0.15) is 0 Å². The molecule has 0 aromatic carbocycles. The van der Waals surface area contributed by atoms with Gasteiger partial charge in [0.05, 0.1) is 5.75 Å². The molecular weight excluding hydrogens is 266 g/mol. The van der Waals surface area contributed by atoms with Crippen LogP contribution in [0.5, 0.6) is 0 Å². The molecule has 19 heavy (non-hydrogen) atoms. The lowest BCUT2D eigenvalue weighted by atomic mass is 9.94. The first-order chi connectivity index (χ1) is 8.95. The molecule has 0 bridgehead atoms. The highest BCUT2D eigenvalue weighted by molar-refractivity contribution is 7.89. The van der Waals surface area contributed by atoms with Crippen molar-refractivity contribution in [2.24, 2.45) is 5.92 Å². The van der Waals surface area contributed by atoms with E-state index in [4.69, 9.17) is 5.11 Å². The Bertz CT molecular complexity index is 380. The summed E-state index contributed by atoms with van der Waals surface area (Å²) >= 11 is 0. The zero-order valence-corrected chi connectivity index (χ0v) is 12.5. The molecule has 0 spiro atoms. The highest BCUT2D eigenvalue weighted by Crippen LogP contribution is 2.21. The van der Waals surface area contributed by atoms with E-state index in [1.54, 1.807) is 4.31 Å². The van der Waals surface area contributed by atoms with E-state index in [9.17, 15) is 13.2 Å². The molecule has 1 atom stereocenters. The minimum Gasteiger partial charge on any atom is -0.481 e. The van der Waals surface area contributed by atoms with E-state index in [1.807, 2.05) is 0 Å². The van der Waals surface area contributed by atoms with Crippen molar-refractivity contribution in [3.05, 3.63) is 0 Å². The number of carbonyl (C=O) groups is 1. The van der Waals surface area contributed by atoms with Crippen LogP contribution in [-0.2, 0) is 14.8 Å². The first kappa shape index (κ1) is 16.4. The van der Waals surface area contributed by atoms with Crippen LogP contribution in [0, 0.1) is 5.92 Å². The summed E-state index contributed by atoms with van der Waals surface area (Å²) in [4.78, 5) is 10.6. The van der Waals surface area contributed by atoms with Crippen molar-refractivity contribution in [2.75, 3.05) is 18.8 Å². The first-order valence-electron chi connectivity index (χ1n) is 7.15. The zero-order chi connectivity index (χ0) is 14.3. The molecule has 0 aromatic rings. The van der Waals surface area contributed by atoms with Crippen molar-refractivity contribution in [1.29, 1.82) is 0 Å². The van der Waals surface area contributed by atoms with Gasteiger partial charge in [0, 0.05) is 19.5 Å². The van der Waals surface area contributed by atoms with Gasteiger partial charge in [-0.25, -0.2) is 12.7 Å². The lowest BCUT2D eigenvalue weighted by Gasteiger charge is -2.27. The van der Waals surface area contributed by atoms with E-state index in [-0.39, 0.29) is 12.2 Å². The van der Waals surface area contributed by atoms with Crippen LogP contribution in [0.4, 0.5) is 0 Å². The number of hydrogen-bond donors (Lipinski definition) is 1. The van der Waals surface area contributed by atoms with E-state index in [2.05, 4.69) is 6.92 Å². The number of hydrogen-bond acceptors (Lipinski definition) is 3. The van der Waals surface area contributed by atoms with Gasteiger partial charge < -0.3 is 5.11 Å². The summed E-state index contributed by atoms with van der Waals surface area (Å²) in [5.41, 5.74) is 0. The second kappa shape index (κ2) is 7.85. The highest BCUT2D eigenvalue weighted by Gasteiger charge is 2.26.